The van der Waals surface area contributed by atoms with Crippen LogP contribution in [-0.2, 0) is 0 Å². The minimum Gasteiger partial charge on any atom is -0.490 e. The van der Waals surface area contributed by atoms with Gasteiger partial charge >= 0.3 is 0 Å². The molecule has 3 aromatic carbocycles. The van der Waals surface area contributed by atoms with Crippen molar-refractivity contribution in [1.82, 2.24) is 0 Å². The number of unbranched alkanes of at least 4 members (excludes halogenated alkanes) is 10. The lowest BCUT2D eigenvalue weighted by Gasteiger charge is -2.18. The van der Waals surface area contributed by atoms with Crippen LogP contribution in [0, 0.1) is 0 Å². The van der Waals surface area contributed by atoms with Gasteiger partial charge in [-0.3, -0.25) is 0 Å². The summed E-state index contributed by atoms with van der Waals surface area (Å²) in [5.74, 6) is 1.74. The van der Waals surface area contributed by atoms with Gasteiger partial charge in [-0.05, 0) is 47.2 Å². The Labute approximate surface area is 220 Å². The van der Waals surface area contributed by atoms with Crippen LogP contribution in [0.5, 0.6) is 11.5 Å². The second kappa shape index (κ2) is 16.8. The van der Waals surface area contributed by atoms with Gasteiger partial charge in [0.1, 0.15) is 0 Å². The molecule has 2 nitrogen and oxygen atoms in total. The molecule has 0 aromatic heterocycles. The monoisotopic (exact) mass is 486 g/mol. The average molecular weight is 487 g/mol. The molecular weight excluding hydrogens is 440 g/mol. The predicted octanol–water partition coefficient (Wildman–Crippen LogP) is 10.5. The lowest BCUT2D eigenvalue weighted by Crippen LogP contribution is -2.04. The van der Waals surface area contributed by atoms with Crippen molar-refractivity contribution in [2.45, 2.75) is 90.9 Å². The van der Waals surface area contributed by atoms with Crippen LogP contribution in [0.3, 0.4) is 0 Å². The van der Waals surface area contributed by atoms with E-state index in [-0.39, 0.29) is 0 Å². The fourth-order valence-corrected chi connectivity index (χ4v) is 4.63. The van der Waals surface area contributed by atoms with Crippen LogP contribution in [0.2, 0.25) is 0 Å². The van der Waals surface area contributed by atoms with Crippen molar-refractivity contribution in [2.75, 3.05) is 13.2 Å². The zero-order valence-corrected chi connectivity index (χ0v) is 22.6. The van der Waals surface area contributed by atoms with Crippen molar-refractivity contribution < 1.29 is 9.47 Å². The third-order valence-electron chi connectivity index (χ3n) is 6.76. The predicted molar refractivity (Wildman–Crippen MR) is 155 cm³/mol. The molecule has 0 radical (unpaired) electrons. The molecule has 3 aromatic rings. The zero-order valence-electron chi connectivity index (χ0n) is 22.6. The van der Waals surface area contributed by atoms with Crippen LogP contribution in [-0.4, -0.2) is 13.2 Å². The van der Waals surface area contributed by atoms with Gasteiger partial charge in [0.15, 0.2) is 11.5 Å². The van der Waals surface area contributed by atoms with E-state index >= 15 is 0 Å². The molecule has 0 unspecified atom stereocenters. The lowest BCUT2D eigenvalue weighted by molar-refractivity contribution is 0.258. The van der Waals surface area contributed by atoms with Crippen molar-refractivity contribution in [3.63, 3.8) is 0 Å². The summed E-state index contributed by atoms with van der Waals surface area (Å²) >= 11 is 0. The number of rotatable bonds is 18. The average Bonchev–Trinajstić information content (AvgIpc) is 2.93. The van der Waals surface area contributed by atoms with E-state index in [0.717, 1.165) is 37.6 Å². The fourth-order valence-electron chi connectivity index (χ4n) is 4.63. The maximum Gasteiger partial charge on any atom is 0.161 e. The summed E-state index contributed by atoms with van der Waals surface area (Å²) in [6, 6.07) is 25.6. The van der Waals surface area contributed by atoms with Crippen LogP contribution in [0.25, 0.3) is 22.3 Å². The summed E-state index contributed by atoms with van der Waals surface area (Å²) in [6.45, 7) is 6.00. The Morgan fingerprint density at radius 1 is 0.444 bits per heavy atom. The lowest BCUT2D eigenvalue weighted by atomic mass is 9.94. The highest BCUT2D eigenvalue weighted by atomic mass is 16.5. The summed E-state index contributed by atoms with van der Waals surface area (Å²) in [7, 11) is 0. The molecule has 0 atom stereocenters. The molecule has 3 rings (SSSR count). The van der Waals surface area contributed by atoms with Crippen LogP contribution in [0.4, 0.5) is 0 Å². The summed E-state index contributed by atoms with van der Waals surface area (Å²) in [5, 5.41) is 0. The summed E-state index contributed by atoms with van der Waals surface area (Å²) in [4.78, 5) is 0. The van der Waals surface area contributed by atoms with Gasteiger partial charge in [-0.2, -0.15) is 0 Å². The second-order valence-electron chi connectivity index (χ2n) is 9.81. The summed E-state index contributed by atoms with van der Waals surface area (Å²) in [5.41, 5.74) is 4.77. The minimum atomic E-state index is 0.735. The number of benzene rings is 3. The molecule has 36 heavy (non-hydrogen) atoms. The van der Waals surface area contributed by atoms with E-state index in [4.69, 9.17) is 9.47 Å². The van der Waals surface area contributed by atoms with Crippen molar-refractivity contribution in [2.24, 2.45) is 0 Å². The Morgan fingerprint density at radius 2 is 0.806 bits per heavy atom. The van der Waals surface area contributed by atoms with Gasteiger partial charge in [-0.25, -0.2) is 0 Å². The fraction of sp³-hybridized carbons (Fsp3) is 0.471. The van der Waals surface area contributed by atoms with E-state index < -0.39 is 0 Å². The standard InChI is InChI=1S/C34H46O2/c1-3-5-7-9-11-19-25-35-33-27-31(29-21-15-13-16-22-29)32(30-23-17-14-18-24-30)28-34(33)36-26-20-12-10-8-6-4-2/h13-18,21-24,27-28H,3-12,19-20,25-26H2,1-2H3. The Hall–Kier alpha value is -2.74. The third kappa shape index (κ3) is 9.37. The highest BCUT2D eigenvalue weighted by Crippen LogP contribution is 2.41. The van der Waals surface area contributed by atoms with Crippen molar-refractivity contribution in [3.05, 3.63) is 72.8 Å². The van der Waals surface area contributed by atoms with E-state index in [1.807, 2.05) is 0 Å². The Morgan fingerprint density at radius 3 is 1.19 bits per heavy atom. The van der Waals surface area contributed by atoms with Crippen LogP contribution in [0.15, 0.2) is 72.8 Å². The van der Waals surface area contributed by atoms with E-state index in [1.165, 1.54) is 86.5 Å². The smallest absolute Gasteiger partial charge is 0.161 e. The molecule has 0 fully saturated rings. The van der Waals surface area contributed by atoms with Crippen molar-refractivity contribution >= 4 is 0 Å². The molecule has 0 amide bonds. The molecule has 0 bridgehead atoms. The Balaban J connectivity index is 1.79. The minimum absolute atomic E-state index is 0.735. The number of hydrogen-bond acceptors (Lipinski definition) is 2. The van der Waals surface area contributed by atoms with Gasteiger partial charge in [0.2, 0.25) is 0 Å². The first-order chi connectivity index (χ1) is 17.8. The second-order valence-corrected chi connectivity index (χ2v) is 9.81. The van der Waals surface area contributed by atoms with Crippen LogP contribution >= 0.6 is 0 Å². The topological polar surface area (TPSA) is 18.5 Å². The van der Waals surface area contributed by atoms with Gasteiger partial charge in [-0.15, -0.1) is 0 Å². The zero-order chi connectivity index (χ0) is 25.3. The number of hydrogen-bond donors (Lipinski definition) is 0. The van der Waals surface area contributed by atoms with Gasteiger partial charge in [0.05, 0.1) is 13.2 Å². The molecule has 0 N–H and O–H groups in total. The summed E-state index contributed by atoms with van der Waals surface area (Å²) in [6.07, 6.45) is 15.1. The molecular formula is C34H46O2. The maximum absolute atomic E-state index is 6.38. The Kier molecular flexibility index (Phi) is 13.0. The van der Waals surface area contributed by atoms with E-state index in [1.54, 1.807) is 0 Å². The molecule has 0 saturated heterocycles. The molecule has 0 saturated carbocycles. The first-order valence-electron chi connectivity index (χ1n) is 14.4. The van der Waals surface area contributed by atoms with Crippen molar-refractivity contribution in [3.8, 4) is 33.8 Å². The highest BCUT2D eigenvalue weighted by Gasteiger charge is 2.15. The van der Waals surface area contributed by atoms with Crippen LogP contribution in [0.1, 0.15) is 90.9 Å². The highest BCUT2D eigenvalue weighted by molar-refractivity contribution is 5.86. The molecule has 0 aliphatic carbocycles. The van der Waals surface area contributed by atoms with E-state index in [2.05, 4.69) is 86.6 Å². The molecule has 2 heteroatoms. The Bertz CT molecular complexity index is 885. The molecule has 0 aliphatic rings. The van der Waals surface area contributed by atoms with E-state index in [0.29, 0.717) is 0 Å². The van der Waals surface area contributed by atoms with Gasteiger partial charge < -0.3 is 9.47 Å². The van der Waals surface area contributed by atoms with Gasteiger partial charge in [-0.1, -0.05) is 139 Å². The molecule has 0 aliphatic heterocycles. The van der Waals surface area contributed by atoms with Gasteiger partial charge in [0, 0.05) is 0 Å². The molecule has 0 heterocycles. The van der Waals surface area contributed by atoms with Gasteiger partial charge in [0.25, 0.3) is 0 Å². The van der Waals surface area contributed by atoms with E-state index in [9.17, 15) is 0 Å². The largest absolute Gasteiger partial charge is 0.490 e. The number of ether oxygens (including phenoxy) is 2. The summed E-state index contributed by atoms with van der Waals surface area (Å²) < 4.78 is 12.8. The normalized spacial score (nSPS) is 10.9. The van der Waals surface area contributed by atoms with Crippen LogP contribution < -0.4 is 9.47 Å². The quantitative estimate of drug-likeness (QED) is 0.166. The maximum atomic E-state index is 6.38. The van der Waals surface area contributed by atoms with Crippen molar-refractivity contribution in [1.29, 1.82) is 0 Å². The SMILES string of the molecule is CCCCCCCCOc1cc(-c2ccccc2)c(-c2ccccc2)cc1OCCCCCCCC. The third-order valence-corrected chi connectivity index (χ3v) is 6.76. The molecule has 0 spiro atoms. The molecule has 194 valence electrons. The first-order valence-corrected chi connectivity index (χ1v) is 14.4. The first kappa shape index (κ1) is 27.8.